The number of urea groups is 1. The van der Waals surface area contributed by atoms with E-state index in [2.05, 4.69) is 15.5 Å². The smallest absolute Gasteiger partial charge is 0.317 e. The first-order valence-corrected chi connectivity index (χ1v) is 6.96. The molecule has 1 aromatic heterocycles. The number of nitrogens with two attached hydrogens (primary N) is 1. The summed E-state index contributed by atoms with van der Waals surface area (Å²) in [5.74, 6) is 0. The summed E-state index contributed by atoms with van der Waals surface area (Å²) in [5, 5.41) is 18.5. The molecule has 2 amide bonds. The molecule has 0 saturated heterocycles. The van der Waals surface area contributed by atoms with Crippen molar-refractivity contribution in [3.8, 4) is 0 Å². The van der Waals surface area contributed by atoms with Crippen molar-refractivity contribution >= 4 is 29.0 Å². The molecule has 0 saturated carbocycles. The summed E-state index contributed by atoms with van der Waals surface area (Å²) in [6.07, 6.45) is 0. The zero-order valence-electron chi connectivity index (χ0n) is 12.6. The lowest BCUT2D eigenvalue weighted by molar-refractivity contribution is -0.122. The molecule has 1 unspecified atom stereocenters. The van der Waals surface area contributed by atoms with E-state index in [1.165, 1.54) is 11.3 Å². The molecule has 1 heterocycles. The zero-order chi connectivity index (χ0) is 16.4. The van der Waals surface area contributed by atoms with Gasteiger partial charge < -0.3 is 26.0 Å². The van der Waals surface area contributed by atoms with Gasteiger partial charge in [0.05, 0.1) is 6.04 Å². The van der Waals surface area contributed by atoms with Crippen molar-refractivity contribution in [1.82, 2.24) is 25.3 Å². The van der Waals surface area contributed by atoms with Crippen molar-refractivity contribution in [2.45, 2.75) is 13.0 Å². The Labute approximate surface area is 127 Å². The van der Waals surface area contributed by atoms with Crippen LogP contribution in [-0.2, 0) is 4.79 Å². The van der Waals surface area contributed by atoms with Crippen molar-refractivity contribution < 1.29 is 14.7 Å². The van der Waals surface area contributed by atoms with Crippen LogP contribution in [0.15, 0.2) is 0 Å². The Hall–Kier alpha value is -1.94. The largest absolute Gasteiger partial charge is 0.483 e. The number of amides is 2. The number of nitrogens with one attached hydrogen (secondary N) is 1. The second-order valence-electron chi connectivity index (χ2n) is 4.48. The molecule has 0 spiro atoms. The van der Waals surface area contributed by atoms with Crippen molar-refractivity contribution in [3.63, 3.8) is 0 Å². The molecule has 0 aliphatic heterocycles. The Bertz CT molecular complexity index is 439. The lowest BCUT2D eigenvalue weighted by Gasteiger charge is -2.21. The number of aromatic nitrogens is 2. The SMILES string of the molecule is CC(NC(=O)N(C)CCN(C)C)c1nnc(N)s1.O=CO. The van der Waals surface area contributed by atoms with E-state index in [1.54, 1.807) is 11.9 Å². The minimum absolute atomic E-state index is 0.127. The number of hydrogen-bond donors (Lipinski definition) is 3. The Balaban J connectivity index is 0.00000122. The summed E-state index contributed by atoms with van der Waals surface area (Å²) < 4.78 is 0. The number of carboxylic acid groups (broad SMARTS) is 1. The van der Waals surface area contributed by atoms with E-state index in [0.29, 0.717) is 16.7 Å². The molecule has 0 aromatic carbocycles. The van der Waals surface area contributed by atoms with Gasteiger partial charge in [-0.05, 0) is 21.0 Å². The van der Waals surface area contributed by atoms with E-state index in [0.717, 1.165) is 6.54 Å². The number of carbonyl (C=O) groups excluding carboxylic acids is 1. The molecule has 1 rings (SSSR count). The summed E-state index contributed by atoms with van der Waals surface area (Å²) in [6, 6.07) is -0.313. The monoisotopic (exact) mass is 318 g/mol. The second kappa shape index (κ2) is 9.88. The van der Waals surface area contributed by atoms with Crippen LogP contribution >= 0.6 is 11.3 Å². The van der Waals surface area contributed by atoms with E-state index in [1.807, 2.05) is 25.9 Å². The number of nitrogen functional groups attached to an aromatic ring is 1. The highest BCUT2D eigenvalue weighted by Gasteiger charge is 2.16. The predicted molar refractivity (Wildman–Crippen MR) is 81.1 cm³/mol. The van der Waals surface area contributed by atoms with Gasteiger partial charge in [-0.3, -0.25) is 4.79 Å². The van der Waals surface area contributed by atoms with Gasteiger partial charge in [-0.1, -0.05) is 11.3 Å². The van der Waals surface area contributed by atoms with Crippen LogP contribution in [0.3, 0.4) is 0 Å². The van der Waals surface area contributed by atoms with E-state index in [-0.39, 0.29) is 18.5 Å². The minimum atomic E-state index is -0.250. The molecule has 0 radical (unpaired) electrons. The highest BCUT2D eigenvalue weighted by atomic mass is 32.1. The number of nitrogens with zero attached hydrogens (tertiary/aromatic N) is 4. The molecule has 0 fully saturated rings. The van der Waals surface area contributed by atoms with Gasteiger partial charge in [-0.25, -0.2) is 4.79 Å². The van der Waals surface area contributed by atoms with E-state index in [9.17, 15) is 4.79 Å². The maximum Gasteiger partial charge on any atom is 0.317 e. The van der Waals surface area contributed by atoms with Crippen molar-refractivity contribution in [1.29, 1.82) is 0 Å². The van der Waals surface area contributed by atoms with Gasteiger partial charge in [0.2, 0.25) is 5.13 Å². The van der Waals surface area contributed by atoms with E-state index >= 15 is 0 Å². The summed E-state index contributed by atoms with van der Waals surface area (Å²) in [5.41, 5.74) is 5.50. The van der Waals surface area contributed by atoms with Crippen molar-refractivity contribution in [2.24, 2.45) is 0 Å². The number of carbonyl (C=O) groups is 2. The van der Waals surface area contributed by atoms with Gasteiger partial charge in [-0.15, -0.1) is 10.2 Å². The van der Waals surface area contributed by atoms with Crippen molar-refractivity contribution in [3.05, 3.63) is 5.01 Å². The number of hydrogen-bond acceptors (Lipinski definition) is 7. The number of anilines is 1. The third-order valence-electron chi connectivity index (χ3n) is 2.40. The van der Waals surface area contributed by atoms with Gasteiger partial charge in [0.25, 0.3) is 6.47 Å². The Morgan fingerprint density at radius 3 is 2.43 bits per heavy atom. The molecule has 1 atom stereocenters. The Morgan fingerprint density at radius 1 is 1.43 bits per heavy atom. The second-order valence-corrected chi connectivity index (χ2v) is 5.52. The van der Waals surface area contributed by atoms with Gasteiger partial charge >= 0.3 is 6.03 Å². The number of rotatable bonds is 5. The molecule has 0 aliphatic carbocycles. The third kappa shape index (κ3) is 8.05. The van der Waals surface area contributed by atoms with Gasteiger partial charge in [0, 0.05) is 20.1 Å². The fourth-order valence-corrected chi connectivity index (χ4v) is 1.84. The van der Waals surface area contributed by atoms with Gasteiger partial charge in [0.1, 0.15) is 5.01 Å². The van der Waals surface area contributed by atoms with Crippen LogP contribution in [0.4, 0.5) is 9.93 Å². The fourth-order valence-electron chi connectivity index (χ4n) is 1.23. The van der Waals surface area contributed by atoms with Crippen LogP contribution in [-0.4, -0.2) is 71.8 Å². The van der Waals surface area contributed by atoms with Crippen LogP contribution in [0.5, 0.6) is 0 Å². The highest BCUT2D eigenvalue weighted by Crippen LogP contribution is 2.18. The molecular weight excluding hydrogens is 296 g/mol. The Morgan fingerprint density at radius 2 is 2.00 bits per heavy atom. The first kappa shape index (κ1) is 19.1. The van der Waals surface area contributed by atoms with Crippen LogP contribution in [0.2, 0.25) is 0 Å². The molecular formula is C11H22N6O3S. The maximum absolute atomic E-state index is 11.9. The standard InChI is InChI=1S/C10H20N6OS.CH2O2/c1-7(8-13-14-9(11)18-8)12-10(17)16(4)6-5-15(2)3;2-1-3/h7H,5-6H2,1-4H3,(H2,11,14)(H,12,17);1H,(H,2,3). The van der Waals surface area contributed by atoms with Crippen LogP contribution in [0.1, 0.15) is 18.0 Å². The van der Waals surface area contributed by atoms with E-state index < -0.39 is 0 Å². The molecule has 0 bridgehead atoms. The van der Waals surface area contributed by atoms with Gasteiger partial charge in [0.15, 0.2) is 0 Å². The van der Waals surface area contributed by atoms with Crippen LogP contribution < -0.4 is 11.1 Å². The summed E-state index contributed by atoms with van der Waals surface area (Å²) in [6.45, 7) is 3.10. The summed E-state index contributed by atoms with van der Waals surface area (Å²) >= 11 is 1.28. The van der Waals surface area contributed by atoms with Crippen LogP contribution in [0.25, 0.3) is 0 Å². The highest BCUT2D eigenvalue weighted by molar-refractivity contribution is 7.15. The molecule has 4 N–H and O–H groups in total. The molecule has 9 nitrogen and oxygen atoms in total. The molecule has 1 aromatic rings. The zero-order valence-corrected chi connectivity index (χ0v) is 13.4. The topological polar surface area (TPSA) is 125 Å². The molecule has 10 heteroatoms. The Kier molecular flexibility index (Phi) is 8.97. The predicted octanol–water partition coefficient (Wildman–Crippen LogP) is 0.0851. The summed E-state index contributed by atoms with van der Waals surface area (Å²) in [7, 11) is 5.71. The lowest BCUT2D eigenvalue weighted by atomic mass is 10.3. The molecule has 0 aliphatic rings. The normalized spacial score (nSPS) is 11.3. The first-order chi connectivity index (χ1) is 9.81. The molecule has 21 heavy (non-hydrogen) atoms. The number of likely N-dealkylation sites (N-methyl/N-ethyl adjacent to an activating group) is 2. The molecule has 120 valence electrons. The third-order valence-corrected chi connectivity index (χ3v) is 3.33. The average molecular weight is 318 g/mol. The first-order valence-electron chi connectivity index (χ1n) is 6.14. The van der Waals surface area contributed by atoms with Gasteiger partial charge in [-0.2, -0.15) is 0 Å². The quantitative estimate of drug-likeness (QED) is 0.657. The van der Waals surface area contributed by atoms with E-state index in [4.69, 9.17) is 15.6 Å². The summed E-state index contributed by atoms with van der Waals surface area (Å²) in [4.78, 5) is 23.9. The minimum Gasteiger partial charge on any atom is -0.483 e. The van der Waals surface area contributed by atoms with Crippen molar-refractivity contribution in [2.75, 3.05) is 40.0 Å². The van der Waals surface area contributed by atoms with Crippen LogP contribution in [0, 0.1) is 0 Å². The maximum atomic E-state index is 11.9. The average Bonchev–Trinajstić information content (AvgIpc) is 2.83. The fraction of sp³-hybridized carbons (Fsp3) is 0.636. The lowest BCUT2D eigenvalue weighted by Crippen LogP contribution is -2.41.